The van der Waals surface area contributed by atoms with Crippen LogP contribution in [0.2, 0.25) is 0 Å². The van der Waals surface area contributed by atoms with Gasteiger partial charge in [0.05, 0.1) is 6.10 Å². The van der Waals surface area contributed by atoms with Crippen molar-refractivity contribution in [3.63, 3.8) is 0 Å². The van der Waals surface area contributed by atoms with Crippen molar-refractivity contribution in [2.75, 3.05) is 13.1 Å². The Kier molecular flexibility index (Phi) is 4.81. The molecule has 0 unspecified atom stereocenters. The second kappa shape index (κ2) is 5.66. The van der Waals surface area contributed by atoms with Gasteiger partial charge >= 0.3 is 0 Å². The van der Waals surface area contributed by atoms with Gasteiger partial charge in [-0.3, -0.25) is 0 Å². The molecule has 2 N–H and O–H groups in total. The van der Waals surface area contributed by atoms with E-state index in [1.807, 2.05) is 0 Å². The fourth-order valence-corrected chi connectivity index (χ4v) is 1.77. The van der Waals surface area contributed by atoms with Crippen molar-refractivity contribution >= 4 is 0 Å². The second-order valence-electron chi connectivity index (χ2n) is 5.69. The lowest BCUT2D eigenvalue weighted by Crippen LogP contribution is -2.38. The molecule has 1 aliphatic carbocycles. The largest absolute Gasteiger partial charge is 0.391 e. The van der Waals surface area contributed by atoms with Crippen LogP contribution in [0, 0.1) is 11.3 Å². The first-order chi connectivity index (χ1) is 7.00. The van der Waals surface area contributed by atoms with Crippen LogP contribution < -0.4 is 5.32 Å². The zero-order valence-corrected chi connectivity index (χ0v) is 10.3. The van der Waals surface area contributed by atoms with Gasteiger partial charge < -0.3 is 10.4 Å². The van der Waals surface area contributed by atoms with E-state index in [2.05, 4.69) is 38.2 Å². The van der Waals surface area contributed by atoms with Crippen LogP contribution in [-0.2, 0) is 0 Å². The highest BCUT2D eigenvalue weighted by Gasteiger charge is 2.21. The molecule has 0 fully saturated rings. The van der Waals surface area contributed by atoms with Gasteiger partial charge in [-0.15, -0.1) is 0 Å². The van der Waals surface area contributed by atoms with Crippen molar-refractivity contribution in [1.29, 1.82) is 0 Å². The van der Waals surface area contributed by atoms with E-state index in [4.69, 9.17) is 0 Å². The minimum absolute atomic E-state index is 0.0144. The number of hydrogen-bond acceptors (Lipinski definition) is 2. The SMILES string of the molecule is CC(C)(C)[C@@H](O)CNC[C@@H]1CC=CCC1. The fraction of sp³-hybridized carbons (Fsp3) is 0.846. The predicted octanol–water partition coefficient (Wildman–Crippen LogP) is 2.34. The molecule has 88 valence electrons. The number of hydrogen-bond donors (Lipinski definition) is 2. The van der Waals surface area contributed by atoms with Crippen LogP contribution in [0.4, 0.5) is 0 Å². The van der Waals surface area contributed by atoms with E-state index in [1.165, 1.54) is 19.3 Å². The highest BCUT2D eigenvalue weighted by atomic mass is 16.3. The van der Waals surface area contributed by atoms with Crippen LogP contribution >= 0.6 is 0 Å². The average molecular weight is 211 g/mol. The Morgan fingerprint density at radius 3 is 2.67 bits per heavy atom. The molecule has 0 heterocycles. The molecule has 1 aliphatic rings. The number of allylic oxidation sites excluding steroid dienone is 2. The van der Waals surface area contributed by atoms with Crippen molar-refractivity contribution in [3.8, 4) is 0 Å². The maximum atomic E-state index is 9.84. The second-order valence-corrected chi connectivity index (χ2v) is 5.69. The molecule has 0 saturated carbocycles. The van der Waals surface area contributed by atoms with Crippen LogP contribution in [-0.4, -0.2) is 24.3 Å². The molecule has 0 aromatic heterocycles. The zero-order valence-electron chi connectivity index (χ0n) is 10.3. The standard InChI is InChI=1S/C13H25NO/c1-13(2,3)12(15)10-14-9-11-7-5-4-6-8-11/h4-5,11-12,14-15H,6-10H2,1-3H3/t11-,12+/m1/s1. The summed E-state index contributed by atoms with van der Waals surface area (Å²) in [4.78, 5) is 0. The van der Waals surface area contributed by atoms with Gasteiger partial charge in [-0.1, -0.05) is 32.9 Å². The molecule has 0 saturated heterocycles. The summed E-state index contributed by atoms with van der Waals surface area (Å²) in [6.45, 7) is 7.97. The van der Waals surface area contributed by atoms with Crippen LogP contribution in [0.5, 0.6) is 0 Å². The molecule has 0 amide bonds. The number of rotatable bonds is 4. The molecule has 0 aliphatic heterocycles. The monoisotopic (exact) mass is 211 g/mol. The van der Waals surface area contributed by atoms with Gasteiger partial charge in [-0.2, -0.15) is 0 Å². The van der Waals surface area contributed by atoms with E-state index in [0.717, 1.165) is 12.5 Å². The van der Waals surface area contributed by atoms with Crippen molar-refractivity contribution < 1.29 is 5.11 Å². The summed E-state index contributed by atoms with van der Waals surface area (Å²) in [5.74, 6) is 0.766. The van der Waals surface area contributed by atoms with Gasteiger partial charge in [0.15, 0.2) is 0 Å². The Morgan fingerprint density at radius 1 is 1.40 bits per heavy atom. The quantitative estimate of drug-likeness (QED) is 0.700. The normalized spacial score (nSPS) is 24.1. The first-order valence-electron chi connectivity index (χ1n) is 6.04. The summed E-state index contributed by atoms with van der Waals surface area (Å²) >= 11 is 0. The lowest BCUT2D eigenvalue weighted by Gasteiger charge is -2.27. The van der Waals surface area contributed by atoms with Crippen molar-refractivity contribution in [1.82, 2.24) is 5.32 Å². The summed E-state index contributed by atoms with van der Waals surface area (Å²) in [6, 6.07) is 0. The van der Waals surface area contributed by atoms with Crippen molar-refractivity contribution in [2.24, 2.45) is 11.3 Å². The summed E-state index contributed by atoms with van der Waals surface area (Å²) in [5.41, 5.74) is -0.0144. The third-order valence-corrected chi connectivity index (χ3v) is 3.15. The van der Waals surface area contributed by atoms with Gasteiger partial charge in [0.25, 0.3) is 0 Å². The summed E-state index contributed by atoms with van der Waals surface area (Å²) < 4.78 is 0. The van der Waals surface area contributed by atoms with E-state index in [-0.39, 0.29) is 11.5 Å². The van der Waals surface area contributed by atoms with Gasteiger partial charge in [-0.05, 0) is 37.1 Å². The Bertz CT molecular complexity index is 205. The highest BCUT2D eigenvalue weighted by molar-refractivity contribution is 4.90. The fourth-order valence-electron chi connectivity index (χ4n) is 1.77. The predicted molar refractivity (Wildman–Crippen MR) is 64.8 cm³/mol. The Labute approximate surface area is 93.8 Å². The van der Waals surface area contributed by atoms with E-state index in [9.17, 15) is 5.11 Å². The van der Waals surface area contributed by atoms with Gasteiger partial charge in [-0.25, -0.2) is 0 Å². The molecule has 0 radical (unpaired) electrons. The average Bonchev–Trinajstić information content (AvgIpc) is 2.18. The lowest BCUT2D eigenvalue weighted by atomic mass is 9.89. The van der Waals surface area contributed by atoms with E-state index < -0.39 is 0 Å². The molecule has 1 rings (SSSR count). The lowest BCUT2D eigenvalue weighted by molar-refractivity contribution is 0.0621. The smallest absolute Gasteiger partial charge is 0.0712 e. The number of aliphatic hydroxyl groups excluding tert-OH is 1. The third kappa shape index (κ3) is 4.80. The third-order valence-electron chi connectivity index (χ3n) is 3.15. The minimum atomic E-state index is -0.253. The van der Waals surface area contributed by atoms with Crippen LogP contribution in [0.25, 0.3) is 0 Å². The number of nitrogens with one attached hydrogen (secondary N) is 1. The maximum Gasteiger partial charge on any atom is 0.0712 e. The van der Waals surface area contributed by atoms with Gasteiger partial charge in [0, 0.05) is 6.54 Å². The maximum absolute atomic E-state index is 9.84. The Balaban J connectivity index is 2.13. The molecule has 15 heavy (non-hydrogen) atoms. The van der Waals surface area contributed by atoms with Gasteiger partial charge in [0.2, 0.25) is 0 Å². The van der Waals surface area contributed by atoms with E-state index >= 15 is 0 Å². The number of aliphatic hydroxyl groups is 1. The molecular weight excluding hydrogens is 186 g/mol. The zero-order chi connectivity index (χ0) is 11.3. The first-order valence-corrected chi connectivity index (χ1v) is 6.04. The summed E-state index contributed by atoms with van der Waals surface area (Å²) in [6.07, 6.45) is 7.98. The van der Waals surface area contributed by atoms with Crippen LogP contribution in [0.3, 0.4) is 0 Å². The van der Waals surface area contributed by atoms with E-state index in [1.54, 1.807) is 0 Å². The minimum Gasteiger partial charge on any atom is -0.391 e. The topological polar surface area (TPSA) is 32.3 Å². The molecule has 2 heteroatoms. The molecule has 0 aromatic carbocycles. The molecule has 2 atom stereocenters. The van der Waals surface area contributed by atoms with Gasteiger partial charge in [0.1, 0.15) is 0 Å². The Morgan fingerprint density at radius 2 is 2.13 bits per heavy atom. The van der Waals surface area contributed by atoms with Crippen LogP contribution in [0.1, 0.15) is 40.0 Å². The summed E-state index contributed by atoms with van der Waals surface area (Å²) in [7, 11) is 0. The van der Waals surface area contributed by atoms with E-state index in [0.29, 0.717) is 6.54 Å². The highest BCUT2D eigenvalue weighted by Crippen LogP contribution is 2.19. The first kappa shape index (κ1) is 12.7. The van der Waals surface area contributed by atoms with Crippen molar-refractivity contribution in [2.45, 2.75) is 46.1 Å². The van der Waals surface area contributed by atoms with Crippen molar-refractivity contribution in [3.05, 3.63) is 12.2 Å². The summed E-state index contributed by atoms with van der Waals surface area (Å²) in [5, 5.41) is 13.2. The molecular formula is C13H25NO. The Hall–Kier alpha value is -0.340. The molecule has 0 bridgehead atoms. The molecule has 2 nitrogen and oxygen atoms in total. The molecule has 0 spiro atoms. The van der Waals surface area contributed by atoms with Crippen LogP contribution in [0.15, 0.2) is 12.2 Å². The molecule has 0 aromatic rings.